The molecule has 0 atom stereocenters. The van der Waals surface area contributed by atoms with Gasteiger partial charge in [-0.1, -0.05) is 0 Å². The Balaban J connectivity index is 2.81. The summed E-state index contributed by atoms with van der Waals surface area (Å²) in [5, 5.41) is 8.68. The number of aromatic nitrogens is 2. The number of anilines is 1. The van der Waals surface area contributed by atoms with E-state index in [0.29, 0.717) is 12.4 Å². The number of rotatable bonds is 3. The minimum absolute atomic E-state index is 0.129. The first-order chi connectivity index (χ1) is 5.74. The van der Waals surface area contributed by atoms with Gasteiger partial charge in [-0.2, -0.15) is 0 Å². The molecule has 12 heavy (non-hydrogen) atoms. The molecule has 1 heterocycles. The minimum Gasteiger partial charge on any atom is -0.396 e. The van der Waals surface area contributed by atoms with Crippen LogP contribution in [0.4, 0.5) is 5.95 Å². The average molecular weight is 167 g/mol. The van der Waals surface area contributed by atoms with E-state index in [1.807, 2.05) is 25.1 Å². The van der Waals surface area contributed by atoms with Crippen LogP contribution in [-0.2, 0) is 6.42 Å². The van der Waals surface area contributed by atoms with Crippen LogP contribution in [0.3, 0.4) is 0 Å². The molecule has 0 aliphatic carbocycles. The van der Waals surface area contributed by atoms with Gasteiger partial charge in [-0.15, -0.1) is 0 Å². The van der Waals surface area contributed by atoms with Gasteiger partial charge in [0.15, 0.2) is 0 Å². The van der Waals surface area contributed by atoms with Gasteiger partial charge in [-0.3, -0.25) is 0 Å². The quantitative estimate of drug-likeness (QED) is 0.692. The van der Waals surface area contributed by atoms with E-state index < -0.39 is 0 Å². The minimum atomic E-state index is 0.129. The van der Waals surface area contributed by atoms with Crippen molar-refractivity contribution in [2.24, 2.45) is 0 Å². The van der Waals surface area contributed by atoms with E-state index >= 15 is 0 Å². The highest BCUT2D eigenvalue weighted by molar-refractivity contribution is 5.26. The van der Waals surface area contributed by atoms with Gasteiger partial charge in [0.05, 0.1) is 0 Å². The van der Waals surface area contributed by atoms with Crippen molar-refractivity contribution in [1.29, 1.82) is 0 Å². The summed E-state index contributed by atoms with van der Waals surface area (Å²) in [4.78, 5) is 10.1. The monoisotopic (exact) mass is 167 g/mol. The molecule has 0 aromatic carbocycles. The van der Waals surface area contributed by atoms with Crippen molar-refractivity contribution in [3.8, 4) is 0 Å². The van der Waals surface area contributed by atoms with Gasteiger partial charge in [0.1, 0.15) is 0 Å². The summed E-state index contributed by atoms with van der Waals surface area (Å²) < 4.78 is 0. The molecule has 1 N–H and O–H groups in total. The zero-order valence-electron chi connectivity index (χ0n) is 7.36. The third-order valence-corrected chi connectivity index (χ3v) is 1.47. The lowest BCUT2D eigenvalue weighted by Gasteiger charge is -2.09. The molecular weight excluding hydrogens is 154 g/mol. The van der Waals surface area contributed by atoms with Crippen LogP contribution in [0.2, 0.25) is 0 Å². The zero-order chi connectivity index (χ0) is 8.97. The predicted molar refractivity (Wildman–Crippen MR) is 47.1 cm³/mol. The predicted octanol–water partition coefficient (Wildman–Crippen LogP) is 0.0774. The summed E-state index contributed by atoms with van der Waals surface area (Å²) in [5.74, 6) is 0.681. The smallest absolute Gasteiger partial charge is 0.224 e. The second-order valence-electron chi connectivity index (χ2n) is 2.72. The first kappa shape index (κ1) is 8.93. The van der Waals surface area contributed by atoms with Crippen LogP contribution in [-0.4, -0.2) is 35.8 Å². The van der Waals surface area contributed by atoms with Crippen LogP contribution in [0.15, 0.2) is 12.3 Å². The number of nitrogens with zero attached hydrogens (tertiary/aromatic N) is 3. The molecule has 0 saturated carbocycles. The van der Waals surface area contributed by atoms with Gasteiger partial charge in [0.2, 0.25) is 5.95 Å². The standard InChI is InChI=1S/C8H13N3O/c1-11(2)8-9-5-3-7(10-8)4-6-12/h3,5,12H,4,6H2,1-2H3. The van der Waals surface area contributed by atoms with E-state index in [4.69, 9.17) is 5.11 Å². The largest absolute Gasteiger partial charge is 0.396 e. The Labute approximate surface area is 71.9 Å². The zero-order valence-corrected chi connectivity index (χ0v) is 7.36. The topological polar surface area (TPSA) is 49.2 Å². The third-order valence-electron chi connectivity index (χ3n) is 1.47. The molecule has 1 aromatic heterocycles. The van der Waals surface area contributed by atoms with E-state index in [1.165, 1.54) is 0 Å². The highest BCUT2D eigenvalue weighted by atomic mass is 16.3. The van der Waals surface area contributed by atoms with Gasteiger partial charge in [-0.25, -0.2) is 9.97 Å². The van der Waals surface area contributed by atoms with Crippen molar-refractivity contribution in [1.82, 2.24) is 9.97 Å². The summed E-state index contributed by atoms with van der Waals surface area (Å²) in [6.07, 6.45) is 2.29. The summed E-state index contributed by atoms with van der Waals surface area (Å²) in [6, 6.07) is 1.81. The highest BCUT2D eigenvalue weighted by Gasteiger charge is 1.99. The van der Waals surface area contributed by atoms with E-state index in [2.05, 4.69) is 9.97 Å². The van der Waals surface area contributed by atoms with Crippen molar-refractivity contribution in [2.75, 3.05) is 25.6 Å². The Morgan fingerprint density at radius 1 is 1.50 bits per heavy atom. The fourth-order valence-electron chi connectivity index (χ4n) is 0.854. The molecular formula is C8H13N3O. The molecule has 0 bridgehead atoms. The van der Waals surface area contributed by atoms with Crippen molar-refractivity contribution in [2.45, 2.75) is 6.42 Å². The first-order valence-corrected chi connectivity index (χ1v) is 3.84. The van der Waals surface area contributed by atoms with Crippen LogP contribution in [0.5, 0.6) is 0 Å². The van der Waals surface area contributed by atoms with E-state index in [0.717, 1.165) is 5.69 Å². The van der Waals surface area contributed by atoms with Gasteiger partial charge < -0.3 is 10.0 Å². The molecule has 4 heteroatoms. The maximum absolute atomic E-state index is 8.68. The maximum atomic E-state index is 8.68. The summed E-state index contributed by atoms with van der Waals surface area (Å²) >= 11 is 0. The number of aliphatic hydroxyl groups is 1. The molecule has 0 radical (unpaired) electrons. The molecule has 4 nitrogen and oxygen atoms in total. The molecule has 0 saturated heterocycles. The average Bonchev–Trinajstić information content (AvgIpc) is 2.05. The molecule has 0 spiro atoms. The van der Waals surface area contributed by atoms with Gasteiger partial charge >= 0.3 is 0 Å². The number of aliphatic hydroxyl groups excluding tert-OH is 1. The van der Waals surface area contributed by atoms with Crippen molar-refractivity contribution in [3.63, 3.8) is 0 Å². The Kier molecular flexibility index (Phi) is 2.99. The SMILES string of the molecule is CN(C)c1nccc(CCO)n1. The number of hydrogen-bond donors (Lipinski definition) is 1. The molecule has 1 aromatic rings. The van der Waals surface area contributed by atoms with Crippen LogP contribution in [0, 0.1) is 0 Å². The van der Waals surface area contributed by atoms with E-state index in [1.54, 1.807) is 6.20 Å². The molecule has 0 aliphatic rings. The summed E-state index contributed by atoms with van der Waals surface area (Å²) in [7, 11) is 3.77. The molecule has 0 unspecified atom stereocenters. The first-order valence-electron chi connectivity index (χ1n) is 3.84. The maximum Gasteiger partial charge on any atom is 0.224 e. The Bertz CT molecular complexity index is 250. The third kappa shape index (κ3) is 2.17. The summed E-state index contributed by atoms with van der Waals surface area (Å²) in [5.41, 5.74) is 0.871. The van der Waals surface area contributed by atoms with Crippen molar-refractivity contribution < 1.29 is 5.11 Å². The molecule has 66 valence electrons. The number of hydrogen-bond acceptors (Lipinski definition) is 4. The Morgan fingerprint density at radius 2 is 2.25 bits per heavy atom. The molecule has 0 aliphatic heterocycles. The van der Waals surface area contributed by atoms with Crippen molar-refractivity contribution in [3.05, 3.63) is 18.0 Å². The van der Waals surface area contributed by atoms with E-state index in [9.17, 15) is 0 Å². The Hall–Kier alpha value is -1.16. The molecule has 0 fully saturated rings. The van der Waals surface area contributed by atoms with Crippen molar-refractivity contribution >= 4 is 5.95 Å². The fourth-order valence-corrected chi connectivity index (χ4v) is 0.854. The highest BCUT2D eigenvalue weighted by Crippen LogP contribution is 2.03. The van der Waals surface area contributed by atoms with Crippen LogP contribution >= 0.6 is 0 Å². The van der Waals surface area contributed by atoms with Crippen LogP contribution in [0.1, 0.15) is 5.69 Å². The lowest BCUT2D eigenvalue weighted by atomic mass is 10.3. The van der Waals surface area contributed by atoms with Crippen LogP contribution < -0.4 is 4.90 Å². The lowest BCUT2D eigenvalue weighted by molar-refractivity contribution is 0.298. The van der Waals surface area contributed by atoms with E-state index in [-0.39, 0.29) is 6.61 Å². The van der Waals surface area contributed by atoms with Gasteiger partial charge in [0, 0.05) is 39.0 Å². The molecule has 0 amide bonds. The summed E-state index contributed by atoms with van der Waals surface area (Å²) in [6.45, 7) is 0.129. The van der Waals surface area contributed by atoms with Crippen LogP contribution in [0.25, 0.3) is 0 Å². The normalized spacial score (nSPS) is 9.92. The lowest BCUT2D eigenvalue weighted by Crippen LogP contribution is -2.13. The second kappa shape index (κ2) is 4.01. The van der Waals surface area contributed by atoms with Gasteiger partial charge in [0.25, 0.3) is 0 Å². The second-order valence-corrected chi connectivity index (χ2v) is 2.72. The fraction of sp³-hybridized carbons (Fsp3) is 0.500. The van der Waals surface area contributed by atoms with Gasteiger partial charge in [-0.05, 0) is 6.07 Å². The molecule has 1 rings (SSSR count). The Morgan fingerprint density at radius 3 is 2.83 bits per heavy atom.